The summed E-state index contributed by atoms with van der Waals surface area (Å²) in [4.78, 5) is 20.2. The van der Waals surface area contributed by atoms with Gasteiger partial charge in [-0.25, -0.2) is 9.97 Å². The first kappa shape index (κ1) is 20.0. The van der Waals surface area contributed by atoms with E-state index >= 15 is 0 Å². The molecule has 8 heteroatoms. The van der Waals surface area contributed by atoms with E-state index in [4.69, 9.17) is 10.3 Å². The Morgan fingerprint density at radius 2 is 2.03 bits per heavy atom. The topological polar surface area (TPSA) is 120 Å². The number of carboxylic acids is 1. The van der Waals surface area contributed by atoms with Crippen LogP contribution in [0.15, 0.2) is 59.6 Å². The number of imidazole rings is 1. The molecular weight excluding hydrogens is 406 g/mol. The first-order valence-corrected chi connectivity index (χ1v) is 10.6. The number of aliphatic carboxylic acids is 1. The Balaban J connectivity index is 1.30. The van der Waals surface area contributed by atoms with Crippen molar-refractivity contribution in [2.45, 2.75) is 38.1 Å². The van der Waals surface area contributed by atoms with Crippen LogP contribution in [0.1, 0.15) is 40.4 Å². The van der Waals surface area contributed by atoms with Gasteiger partial charge in [-0.15, -0.1) is 0 Å². The van der Waals surface area contributed by atoms with Crippen molar-refractivity contribution in [1.82, 2.24) is 19.7 Å². The number of nitrogen functional groups attached to an aromatic ring is 1. The Morgan fingerprint density at radius 3 is 2.84 bits per heavy atom. The van der Waals surface area contributed by atoms with E-state index in [1.165, 1.54) is 17.5 Å². The molecule has 3 N–H and O–H groups in total. The molecule has 0 radical (unpaired) electrons. The molecule has 1 aromatic carbocycles. The number of anilines is 1. The summed E-state index contributed by atoms with van der Waals surface area (Å²) in [5.41, 5.74) is 11.5. The molecule has 162 valence electrons. The average Bonchev–Trinajstić information content (AvgIpc) is 3.54. The summed E-state index contributed by atoms with van der Waals surface area (Å²) in [6.45, 7) is 0.442. The third kappa shape index (κ3) is 4.12. The second kappa shape index (κ2) is 8.30. The molecule has 0 amide bonds. The van der Waals surface area contributed by atoms with E-state index in [0.29, 0.717) is 18.1 Å². The number of rotatable bonds is 7. The smallest absolute Gasteiger partial charge is 0.312 e. The third-order valence-electron chi connectivity index (χ3n) is 5.88. The van der Waals surface area contributed by atoms with Crippen LogP contribution < -0.4 is 5.73 Å². The molecular formula is C24H23N5O3. The van der Waals surface area contributed by atoms with E-state index in [1.807, 2.05) is 10.6 Å². The summed E-state index contributed by atoms with van der Waals surface area (Å²) in [5.74, 6) is -0.584. The minimum atomic E-state index is -0.938. The van der Waals surface area contributed by atoms with Gasteiger partial charge in [-0.3, -0.25) is 4.79 Å². The molecule has 0 saturated carbocycles. The van der Waals surface area contributed by atoms with Crippen LogP contribution in [0, 0.1) is 0 Å². The van der Waals surface area contributed by atoms with Crippen LogP contribution in [0.3, 0.4) is 0 Å². The summed E-state index contributed by atoms with van der Waals surface area (Å²) in [6.07, 6.45) is 8.70. The summed E-state index contributed by atoms with van der Waals surface area (Å²) < 4.78 is 7.39. The van der Waals surface area contributed by atoms with Crippen LogP contribution >= 0.6 is 0 Å². The number of hydrogen-bond acceptors (Lipinski definition) is 6. The number of carboxylic acid groups (broad SMARTS) is 1. The fraction of sp³-hybridized carbons (Fsp3) is 0.250. The van der Waals surface area contributed by atoms with E-state index in [-0.39, 0.29) is 6.42 Å². The minimum absolute atomic E-state index is 0.284. The summed E-state index contributed by atoms with van der Waals surface area (Å²) in [7, 11) is 0. The van der Waals surface area contributed by atoms with Crippen molar-refractivity contribution in [1.29, 1.82) is 0 Å². The number of benzene rings is 1. The maximum absolute atomic E-state index is 11.9. The van der Waals surface area contributed by atoms with Gasteiger partial charge in [0.25, 0.3) is 0 Å². The van der Waals surface area contributed by atoms with Gasteiger partial charge in [0.05, 0.1) is 18.6 Å². The Bertz CT molecular complexity index is 1260. The first-order valence-electron chi connectivity index (χ1n) is 10.6. The van der Waals surface area contributed by atoms with Gasteiger partial charge in [0.2, 0.25) is 0 Å². The van der Waals surface area contributed by atoms with E-state index < -0.39 is 11.9 Å². The third-order valence-corrected chi connectivity index (χ3v) is 5.88. The van der Waals surface area contributed by atoms with Crippen LogP contribution in [0.25, 0.3) is 11.3 Å². The largest absolute Gasteiger partial charge is 0.481 e. The van der Waals surface area contributed by atoms with E-state index in [0.717, 1.165) is 35.4 Å². The second-order valence-electron chi connectivity index (χ2n) is 8.18. The number of nitrogens with two attached hydrogens (primary N) is 1. The lowest BCUT2D eigenvalue weighted by Gasteiger charge is -2.09. The van der Waals surface area contributed by atoms with Gasteiger partial charge in [0.15, 0.2) is 5.76 Å². The van der Waals surface area contributed by atoms with Crippen LogP contribution in [0.5, 0.6) is 0 Å². The zero-order chi connectivity index (χ0) is 22.1. The highest BCUT2D eigenvalue weighted by Crippen LogP contribution is 2.28. The molecule has 4 aromatic rings. The van der Waals surface area contributed by atoms with Gasteiger partial charge < -0.3 is 19.9 Å². The molecule has 0 saturated heterocycles. The van der Waals surface area contributed by atoms with Crippen molar-refractivity contribution in [3.63, 3.8) is 0 Å². The predicted octanol–water partition coefficient (Wildman–Crippen LogP) is 3.46. The number of aromatic nitrogens is 4. The van der Waals surface area contributed by atoms with Gasteiger partial charge in [-0.2, -0.15) is 0 Å². The number of carbonyl (C=O) groups is 1. The van der Waals surface area contributed by atoms with Gasteiger partial charge in [-0.1, -0.05) is 23.4 Å². The van der Waals surface area contributed by atoms with E-state index in [2.05, 4.69) is 33.3 Å². The number of aryl methyl sites for hydroxylation is 2. The standard InChI is InChI=1S/C24H23N5O3/c25-23-7-4-15(11-26-23)8-20(24(30)31)21-13-29(14-27-21)12-19-10-22(32-28-19)18-6-5-16-2-1-3-17(16)9-18/h4-7,9-11,13-14,20H,1-3,8,12H2,(H2,25,26)(H,30,31). The highest BCUT2D eigenvalue weighted by atomic mass is 16.5. The fourth-order valence-corrected chi connectivity index (χ4v) is 4.19. The lowest BCUT2D eigenvalue weighted by atomic mass is 9.98. The number of fused-ring (bicyclic) bond motifs is 1. The fourth-order valence-electron chi connectivity index (χ4n) is 4.19. The lowest BCUT2D eigenvalue weighted by Crippen LogP contribution is -2.15. The number of pyridine rings is 1. The molecule has 3 aromatic heterocycles. The lowest BCUT2D eigenvalue weighted by molar-refractivity contribution is -0.138. The van der Waals surface area contributed by atoms with Crippen LogP contribution in [0.2, 0.25) is 0 Å². The molecule has 0 bridgehead atoms. The summed E-state index contributed by atoms with van der Waals surface area (Å²) in [5, 5.41) is 13.9. The molecule has 1 aliphatic rings. The van der Waals surface area contributed by atoms with Gasteiger partial charge in [0, 0.05) is 24.0 Å². The summed E-state index contributed by atoms with van der Waals surface area (Å²) >= 11 is 0. The van der Waals surface area contributed by atoms with Crippen molar-refractivity contribution >= 4 is 11.8 Å². The van der Waals surface area contributed by atoms with Gasteiger partial charge in [-0.05, 0) is 54.5 Å². The molecule has 1 aliphatic carbocycles. The molecule has 32 heavy (non-hydrogen) atoms. The van der Waals surface area contributed by atoms with E-state index in [1.54, 1.807) is 30.9 Å². The quantitative estimate of drug-likeness (QED) is 0.461. The highest BCUT2D eigenvalue weighted by molar-refractivity contribution is 5.75. The molecule has 3 heterocycles. The van der Waals surface area contributed by atoms with Crippen molar-refractivity contribution in [3.05, 3.63) is 83.2 Å². The minimum Gasteiger partial charge on any atom is -0.481 e. The van der Waals surface area contributed by atoms with Gasteiger partial charge >= 0.3 is 5.97 Å². The van der Waals surface area contributed by atoms with Gasteiger partial charge in [0.1, 0.15) is 17.4 Å². The summed E-state index contributed by atoms with van der Waals surface area (Å²) in [6, 6.07) is 11.8. The molecule has 0 aliphatic heterocycles. The van der Waals surface area contributed by atoms with Crippen LogP contribution in [-0.4, -0.2) is 30.8 Å². The predicted molar refractivity (Wildman–Crippen MR) is 118 cm³/mol. The molecule has 0 fully saturated rings. The molecule has 1 unspecified atom stereocenters. The highest BCUT2D eigenvalue weighted by Gasteiger charge is 2.23. The Hall–Kier alpha value is -3.94. The molecule has 5 rings (SSSR count). The molecule has 8 nitrogen and oxygen atoms in total. The van der Waals surface area contributed by atoms with Crippen molar-refractivity contribution in [2.75, 3.05) is 5.73 Å². The van der Waals surface area contributed by atoms with Crippen molar-refractivity contribution in [3.8, 4) is 11.3 Å². The van der Waals surface area contributed by atoms with Crippen molar-refractivity contribution < 1.29 is 14.4 Å². The Kier molecular flexibility index (Phi) is 5.18. The normalized spacial score (nSPS) is 13.8. The Labute approximate surface area is 184 Å². The first-order chi connectivity index (χ1) is 15.5. The van der Waals surface area contributed by atoms with Crippen LogP contribution in [-0.2, 0) is 30.6 Å². The maximum Gasteiger partial charge on any atom is 0.312 e. The zero-order valence-corrected chi connectivity index (χ0v) is 17.4. The maximum atomic E-state index is 11.9. The zero-order valence-electron chi connectivity index (χ0n) is 17.4. The Morgan fingerprint density at radius 1 is 1.16 bits per heavy atom. The molecule has 1 atom stereocenters. The second-order valence-corrected chi connectivity index (χ2v) is 8.18. The molecule has 0 spiro atoms. The number of hydrogen-bond donors (Lipinski definition) is 2. The SMILES string of the molecule is Nc1ccc(CC(C(=O)O)c2cn(Cc3cc(-c4ccc5c(c4)CCC5)on3)cn2)cn1. The average molecular weight is 429 g/mol. The van der Waals surface area contributed by atoms with E-state index in [9.17, 15) is 9.90 Å². The van der Waals surface area contributed by atoms with Crippen LogP contribution in [0.4, 0.5) is 5.82 Å². The van der Waals surface area contributed by atoms with Crippen molar-refractivity contribution in [2.24, 2.45) is 0 Å². The monoisotopic (exact) mass is 429 g/mol. The number of nitrogens with zero attached hydrogens (tertiary/aromatic N) is 4.